The van der Waals surface area contributed by atoms with Crippen molar-refractivity contribution in [3.8, 4) is 0 Å². The predicted octanol–water partition coefficient (Wildman–Crippen LogP) is 6.69. The van der Waals surface area contributed by atoms with Gasteiger partial charge in [0.15, 0.2) is 0 Å². The van der Waals surface area contributed by atoms with E-state index in [1.165, 1.54) is 70.6 Å². The molecule has 126 valence electrons. The Balaban J connectivity index is 0. The van der Waals surface area contributed by atoms with E-state index in [1.807, 2.05) is 0 Å². The van der Waals surface area contributed by atoms with Crippen LogP contribution in [0.15, 0.2) is 12.2 Å². The molecule has 0 saturated heterocycles. The summed E-state index contributed by atoms with van der Waals surface area (Å²) in [6, 6.07) is 0. The minimum Gasteiger partial charge on any atom is -0.481 e. The first-order valence-electron chi connectivity index (χ1n) is 8.64. The maximum Gasteiger partial charge on any atom is 0.303 e. The molecule has 0 radical (unpaired) electrons. The third-order valence-electron chi connectivity index (χ3n) is 3.65. The fraction of sp³-hybridized carbons (Fsp3) is 0.833. The fourth-order valence-corrected chi connectivity index (χ4v) is 2.35. The van der Waals surface area contributed by atoms with Crippen LogP contribution >= 0.6 is 17.0 Å². The van der Waals surface area contributed by atoms with Gasteiger partial charge in [0.05, 0.1) is 0 Å². The average molecular weight is 363 g/mol. The van der Waals surface area contributed by atoms with Gasteiger partial charge in [0.2, 0.25) is 0 Å². The van der Waals surface area contributed by atoms with E-state index in [4.69, 9.17) is 5.11 Å². The molecule has 0 aliphatic carbocycles. The zero-order valence-electron chi connectivity index (χ0n) is 13.8. The first kappa shape index (κ1) is 23.0. The van der Waals surface area contributed by atoms with Gasteiger partial charge in [-0.1, -0.05) is 70.4 Å². The highest BCUT2D eigenvalue weighted by Crippen LogP contribution is 2.09. The van der Waals surface area contributed by atoms with Crippen molar-refractivity contribution < 1.29 is 9.90 Å². The Morgan fingerprint density at radius 3 is 1.67 bits per heavy atom. The van der Waals surface area contributed by atoms with Crippen LogP contribution in [0.5, 0.6) is 0 Å². The zero-order chi connectivity index (χ0) is 14.9. The summed E-state index contributed by atoms with van der Waals surface area (Å²) in [6.45, 7) is 2.26. The Morgan fingerprint density at radius 1 is 0.762 bits per heavy atom. The average Bonchev–Trinajstić information content (AvgIpc) is 2.43. The largest absolute Gasteiger partial charge is 0.481 e. The van der Waals surface area contributed by atoms with Crippen LogP contribution in [0.1, 0.15) is 96.8 Å². The number of carbonyl (C=O) groups is 1. The van der Waals surface area contributed by atoms with Gasteiger partial charge in [0.1, 0.15) is 0 Å². The Kier molecular flexibility index (Phi) is 21.5. The van der Waals surface area contributed by atoms with Gasteiger partial charge in [-0.05, 0) is 32.1 Å². The highest BCUT2D eigenvalue weighted by molar-refractivity contribution is 8.93. The third kappa shape index (κ3) is 22.1. The van der Waals surface area contributed by atoms with Crippen molar-refractivity contribution in [3.05, 3.63) is 12.2 Å². The smallest absolute Gasteiger partial charge is 0.303 e. The van der Waals surface area contributed by atoms with E-state index in [9.17, 15) is 4.79 Å². The maximum absolute atomic E-state index is 10.3. The molecule has 0 aliphatic rings. The summed E-state index contributed by atoms with van der Waals surface area (Å²) in [5.41, 5.74) is 0. The normalized spacial score (nSPS) is 10.7. The van der Waals surface area contributed by atoms with Crippen LogP contribution in [0, 0.1) is 0 Å². The lowest BCUT2D eigenvalue weighted by Crippen LogP contribution is -1.93. The van der Waals surface area contributed by atoms with Crippen molar-refractivity contribution in [1.29, 1.82) is 0 Å². The lowest BCUT2D eigenvalue weighted by atomic mass is 10.1. The lowest BCUT2D eigenvalue weighted by molar-refractivity contribution is -0.137. The summed E-state index contributed by atoms with van der Waals surface area (Å²) in [4.78, 5) is 10.3. The maximum atomic E-state index is 10.3. The number of carboxylic acid groups (broad SMARTS) is 1. The second kappa shape index (κ2) is 19.7. The minimum absolute atomic E-state index is 0. The number of aliphatic carboxylic acids is 1. The molecule has 0 spiro atoms. The lowest BCUT2D eigenvalue weighted by Gasteiger charge is -1.99. The van der Waals surface area contributed by atoms with Gasteiger partial charge in [-0.2, -0.15) is 0 Å². The second-order valence-corrected chi connectivity index (χ2v) is 5.73. The van der Waals surface area contributed by atoms with Crippen LogP contribution in [-0.4, -0.2) is 11.1 Å². The molecule has 0 aromatic carbocycles. The van der Waals surface area contributed by atoms with Crippen molar-refractivity contribution >= 4 is 23.0 Å². The summed E-state index contributed by atoms with van der Waals surface area (Å²) >= 11 is 0. The molecule has 0 aromatic heterocycles. The van der Waals surface area contributed by atoms with Gasteiger partial charge in [0, 0.05) is 6.42 Å². The number of allylic oxidation sites excluding steroid dienone is 2. The quantitative estimate of drug-likeness (QED) is 0.260. The summed E-state index contributed by atoms with van der Waals surface area (Å²) < 4.78 is 0. The molecule has 0 atom stereocenters. The third-order valence-corrected chi connectivity index (χ3v) is 3.65. The van der Waals surface area contributed by atoms with E-state index in [0.717, 1.165) is 12.8 Å². The van der Waals surface area contributed by atoms with Gasteiger partial charge in [-0.25, -0.2) is 0 Å². The van der Waals surface area contributed by atoms with Gasteiger partial charge >= 0.3 is 5.97 Å². The van der Waals surface area contributed by atoms with Gasteiger partial charge in [0.25, 0.3) is 0 Å². The van der Waals surface area contributed by atoms with Crippen LogP contribution < -0.4 is 0 Å². The number of hydrogen-bond donors (Lipinski definition) is 1. The Bertz CT molecular complexity index is 239. The van der Waals surface area contributed by atoms with Gasteiger partial charge < -0.3 is 5.11 Å². The number of hydrogen-bond acceptors (Lipinski definition) is 1. The van der Waals surface area contributed by atoms with Crippen molar-refractivity contribution in [2.45, 2.75) is 96.8 Å². The molecule has 0 unspecified atom stereocenters. The van der Waals surface area contributed by atoms with E-state index in [0.29, 0.717) is 6.42 Å². The van der Waals surface area contributed by atoms with E-state index in [-0.39, 0.29) is 17.0 Å². The van der Waals surface area contributed by atoms with Crippen LogP contribution in [0.4, 0.5) is 0 Å². The van der Waals surface area contributed by atoms with Crippen molar-refractivity contribution in [2.24, 2.45) is 0 Å². The van der Waals surface area contributed by atoms with Crippen molar-refractivity contribution in [3.63, 3.8) is 0 Å². The first-order chi connectivity index (χ1) is 9.77. The minimum atomic E-state index is -0.664. The molecule has 0 aromatic rings. The molecule has 3 heteroatoms. The highest BCUT2D eigenvalue weighted by atomic mass is 79.9. The molecule has 0 aliphatic heterocycles. The summed E-state index contributed by atoms with van der Waals surface area (Å²) in [7, 11) is 0. The van der Waals surface area contributed by atoms with Crippen LogP contribution in [0.25, 0.3) is 0 Å². The van der Waals surface area contributed by atoms with E-state index >= 15 is 0 Å². The van der Waals surface area contributed by atoms with E-state index < -0.39 is 5.97 Å². The Hall–Kier alpha value is -0.310. The fourth-order valence-electron chi connectivity index (χ4n) is 2.35. The summed E-state index contributed by atoms with van der Waals surface area (Å²) in [6.07, 6.45) is 21.2. The van der Waals surface area contributed by atoms with E-state index in [1.54, 1.807) is 0 Å². The van der Waals surface area contributed by atoms with Crippen LogP contribution in [0.3, 0.4) is 0 Å². The molecule has 1 N–H and O–H groups in total. The number of carboxylic acids is 1. The highest BCUT2D eigenvalue weighted by Gasteiger charge is 1.95. The molecule has 0 rings (SSSR count). The molecule has 0 fully saturated rings. The molecule has 21 heavy (non-hydrogen) atoms. The summed E-state index contributed by atoms with van der Waals surface area (Å²) in [5.74, 6) is -0.664. The topological polar surface area (TPSA) is 37.3 Å². The summed E-state index contributed by atoms with van der Waals surface area (Å²) in [5, 5.41) is 8.51. The molecule has 2 nitrogen and oxygen atoms in total. The molecule has 0 heterocycles. The molecular weight excluding hydrogens is 328 g/mol. The zero-order valence-corrected chi connectivity index (χ0v) is 15.5. The van der Waals surface area contributed by atoms with E-state index in [2.05, 4.69) is 19.1 Å². The molecule has 0 amide bonds. The monoisotopic (exact) mass is 362 g/mol. The molecule has 0 bridgehead atoms. The van der Waals surface area contributed by atoms with Crippen molar-refractivity contribution in [2.75, 3.05) is 0 Å². The number of halogens is 1. The molecular formula is C18H35BrO2. The first-order valence-corrected chi connectivity index (χ1v) is 8.64. The number of unbranched alkanes of at least 4 members (excludes halogenated alkanes) is 11. The standard InChI is InChI=1S/C18H34O2.BrH/c1-2-3-4-5-6-7-8-9-10-11-12-13-14-15-16-17-18(19)20;/h9-10H,2-8,11-17H2,1H3,(H,19,20);1H. The van der Waals surface area contributed by atoms with Crippen LogP contribution in [0.2, 0.25) is 0 Å². The number of rotatable bonds is 15. The predicted molar refractivity (Wildman–Crippen MR) is 97.4 cm³/mol. The van der Waals surface area contributed by atoms with Gasteiger partial charge in [-0.15, -0.1) is 17.0 Å². The SMILES string of the molecule is Br.CCCCCCCCC=CCCCCCCCC(=O)O. The van der Waals surface area contributed by atoms with Crippen molar-refractivity contribution in [1.82, 2.24) is 0 Å². The molecule has 0 saturated carbocycles. The van der Waals surface area contributed by atoms with Gasteiger partial charge in [-0.3, -0.25) is 4.79 Å². The Morgan fingerprint density at radius 2 is 1.19 bits per heavy atom. The second-order valence-electron chi connectivity index (χ2n) is 5.73. The van der Waals surface area contributed by atoms with Crippen LogP contribution in [-0.2, 0) is 4.79 Å². The Labute approximate surface area is 142 Å².